The molecule has 3 saturated heterocycles. The van der Waals surface area contributed by atoms with Crippen LogP contribution in [0, 0.1) is 0 Å². The van der Waals surface area contributed by atoms with E-state index in [2.05, 4.69) is 6.58 Å². The Morgan fingerprint density at radius 1 is 0.301 bits per heavy atom. The lowest BCUT2D eigenvalue weighted by Crippen LogP contribution is -2.68. The first-order valence-corrected chi connectivity index (χ1v) is 31.9. The molecule has 3 aliphatic rings. The smallest absolute Gasteiger partial charge is 0.187 e. The number of benzene rings is 8. The van der Waals surface area contributed by atoms with E-state index in [1.807, 2.05) is 243 Å². The molecule has 8 aromatic rings. The molecule has 0 radical (unpaired) electrons. The fourth-order valence-electron chi connectivity index (χ4n) is 11.7. The average molecular weight is 1270 g/mol. The number of aliphatic hydroxyl groups excluding tert-OH is 2. The van der Waals surface area contributed by atoms with Gasteiger partial charge in [0.05, 0.1) is 79.3 Å². The number of ether oxygens (including phenoxy) is 14. The second-order valence-corrected chi connectivity index (χ2v) is 23.2. The van der Waals surface area contributed by atoms with Gasteiger partial charge in [0.2, 0.25) is 0 Å². The predicted molar refractivity (Wildman–Crippen MR) is 347 cm³/mol. The summed E-state index contributed by atoms with van der Waals surface area (Å²) in [6.45, 7) is 4.84. The van der Waals surface area contributed by atoms with E-state index in [0.29, 0.717) is 0 Å². The summed E-state index contributed by atoms with van der Waals surface area (Å²) in [6.07, 6.45) is -14.8. The van der Waals surface area contributed by atoms with Crippen LogP contribution in [-0.4, -0.2) is 129 Å². The summed E-state index contributed by atoms with van der Waals surface area (Å²) in [5.41, 5.74) is 7.26. The van der Waals surface area contributed by atoms with Crippen LogP contribution in [0.15, 0.2) is 255 Å². The van der Waals surface area contributed by atoms with Gasteiger partial charge in [-0.3, -0.25) is 0 Å². The highest BCUT2D eigenvalue weighted by Gasteiger charge is 2.57. The molecule has 0 amide bonds. The summed E-state index contributed by atoms with van der Waals surface area (Å²) in [6, 6.07) is 78.5. The fraction of sp³-hybridized carbons (Fsp3) is 0.351. The number of rotatable bonds is 34. The van der Waals surface area contributed by atoms with Crippen LogP contribution in [-0.2, 0) is 119 Å². The van der Waals surface area contributed by atoms with Gasteiger partial charge in [0.1, 0.15) is 73.2 Å². The Morgan fingerprint density at radius 3 is 0.925 bits per heavy atom. The third-order valence-corrected chi connectivity index (χ3v) is 16.5. The zero-order valence-electron chi connectivity index (χ0n) is 52.1. The van der Waals surface area contributed by atoms with Crippen molar-refractivity contribution in [2.24, 2.45) is 0 Å². The van der Waals surface area contributed by atoms with Gasteiger partial charge in [-0.15, -0.1) is 6.58 Å². The molecule has 3 aliphatic heterocycles. The molecule has 488 valence electrons. The largest absolute Gasteiger partial charge is 0.394 e. The van der Waals surface area contributed by atoms with Crippen molar-refractivity contribution < 1.29 is 76.5 Å². The van der Waals surface area contributed by atoms with Crippen molar-refractivity contribution >= 4 is 0 Å². The molecule has 2 N–H and O–H groups in total. The zero-order chi connectivity index (χ0) is 63.7. The van der Waals surface area contributed by atoms with E-state index in [-0.39, 0.29) is 72.7 Å². The quantitative estimate of drug-likeness (QED) is 0.0365. The van der Waals surface area contributed by atoms with Gasteiger partial charge in [-0.2, -0.15) is 0 Å². The van der Waals surface area contributed by atoms with Gasteiger partial charge in [0.25, 0.3) is 0 Å². The first-order valence-electron chi connectivity index (χ1n) is 31.9. The standard InChI is InChI=1S/C77H84O16/c1-2-43-82-73-71(86-50-60-37-21-8-22-38-60)67(63(44-78)90-76(73)93-68-65(54-81-46-56-29-13-4-14-30-56)89-75(79)72(87-51-61-39-23-9-24-40-61)70(68)85-49-59-35-19-7-20-36-59)92-77-74(88-52-62-41-25-10-26-42-62)69(84-48-58-33-17-6-18-34-58)66(83-47-57-31-15-5-16-32-57)64(91-77)53-80-45-55-27-11-3-12-28-55/h2-42,63-79H,1,43-54H2/t63-,64-,65-,66+,67+,68-,69-,70+,71+,72-,73-,74-,75-,76+,77-/m1/s1. The third kappa shape index (κ3) is 19.5. The summed E-state index contributed by atoms with van der Waals surface area (Å²) in [5, 5.41) is 24.0. The minimum absolute atomic E-state index is 0.00917. The monoisotopic (exact) mass is 1260 g/mol. The van der Waals surface area contributed by atoms with E-state index in [1.165, 1.54) is 0 Å². The Balaban J connectivity index is 0.973. The summed E-state index contributed by atoms with van der Waals surface area (Å²) in [4.78, 5) is 0. The van der Waals surface area contributed by atoms with E-state index in [1.54, 1.807) is 6.08 Å². The van der Waals surface area contributed by atoms with Crippen LogP contribution in [0.2, 0.25) is 0 Å². The minimum atomic E-state index is -1.49. The molecule has 0 bridgehead atoms. The molecule has 0 aromatic heterocycles. The lowest BCUT2D eigenvalue weighted by atomic mass is 9.95. The fourth-order valence-corrected chi connectivity index (χ4v) is 11.7. The molecular formula is C77H84O16. The highest BCUT2D eigenvalue weighted by molar-refractivity contribution is 5.20. The van der Waals surface area contributed by atoms with Gasteiger partial charge in [-0.1, -0.05) is 249 Å². The van der Waals surface area contributed by atoms with Crippen LogP contribution in [0.1, 0.15) is 44.5 Å². The van der Waals surface area contributed by atoms with Crippen molar-refractivity contribution in [2.75, 3.05) is 26.4 Å². The first kappa shape index (κ1) is 67.3. The van der Waals surface area contributed by atoms with Crippen LogP contribution >= 0.6 is 0 Å². The van der Waals surface area contributed by atoms with E-state index in [0.717, 1.165) is 44.5 Å². The lowest BCUT2D eigenvalue weighted by molar-refractivity contribution is -0.392. The molecular weight excluding hydrogens is 1180 g/mol. The maximum Gasteiger partial charge on any atom is 0.187 e. The summed E-state index contributed by atoms with van der Waals surface area (Å²) in [5.74, 6) is 0. The van der Waals surface area contributed by atoms with E-state index in [4.69, 9.17) is 66.3 Å². The molecule has 3 heterocycles. The number of aliphatic hydroxyl groups is 2. The van der Waals surface area contributed by atoms with Crippen molar-refractivity contribution in [1.82, 2.24) is 0 Å². The lowest BCUT2D eigenvalue weighted by Gasteiger charge is -2.51. The molecule has 15 atom stereocenters. The van der Waals surface area contributed by atoms with Crippen LogP contribution < -0.4 is 0 Å². The van der Waals surface area contributed by atoms with Crippen LogP contribution in [0.5, 0.6) is 0 Å². The van der Waals surface area contributed by atoms with Gasteiger partial charge in [-0.25, -0.2) is 0 Å². The van der Waals surface area contributed by atoms with Crippen molar-refractivity contribution in [2.45, 2.75) is 145 Å². The van der Waals surface area contributed by atoms with Crippen molar-refractivity contribution in [3.05, 3.63) is 300 Å². The average Bonchev–Trinajstić information content (AvgIpc) is 0.883. The Labute approximate surface area is 545 Å². The molecule has 11 rings (SSSR count). The van der Waals surface area contributed by atoms with Gasteiger partial charge < -0.3 is 76.5 Å². The normalized spacial score (nSPS) is 26.3. The van der Waals surface area contributed by atoms with Crippen molar-refractivity contribution in [3.8, 4) is 0 Å². The maximum absolute atomic E-state index is 12.1. The molecule has 0 saturated carbocycles. The second kappa shape index (κ2) is 35.9. The second-order valence-electron chi connectivity index (χ2n) is 23.2. The third-order valence-electron chi connectivity index (χ3n) is 16.5. The molecule has 0 spiro atoms. The Hall–Kier alpha value is -7.14. The van der Waals surface area contributed by atoms with Gasteiger partial charge in [0, 0.05) is 0 Å². The molecule has 93 heavy (non-hydrogen) atoms. The highest BCUT2D eigenvalue weighted by Crippen LogP contribution is 2.39. The zero-order valence-corrected chi connectivity index (χ0v) is 52.1. The summed E-state index contributed by atoms with van der Waals surface area (Å²) in [7, 11) is 0. The van der Waals surface area contributed by atoms with E-state index < -0.39 is 98.7 Å². The Kier molecular flexibility index (Phi) is 26.0. The highest BCUT2D eigenvalue weighted by atomic mass is 16.8. The Bertz CT molecular complexity index is 3330. The van der Waals surface area contributed by atoms with Crippen molar-refractivity contribution in [1.29, 1.82) is 0 Å². The van der Waals surface area contributed by atoms with Gasteiger partial charge in [0.15, 0.2) is 18.9 Å². The first-order chi connectivity index (χ1) is 46.0. The van der Waals surface area contributed by atoms with Crippen molar-refractivity contribution in [3.63, 3.8) is 0 Å². The topological polar surface area (TPSA) is 170 Å². The van der Waals surface area contributed by atoms with Gasteiger partial charge >= 0.3 is 0 Å². The van der Waals surface area contributed by atoms with Crippen LogP contribution in [0.25, 0.3) is 0 Å². The number of hydrogen-bond donors (Lipinski definition) is 2. The Morgan fingerprint density at radius 2 is 0.570 bits per heavy atom. The summed E-state index contributed by atoms with van der Waals surface area (Å²) >= 11 is 0. The predicted octanol–water partition coefficient (Wildman–Crippen LogP) is 11.4. The number of hydrogen-bond acceptors (Lipinski definition) is 16. The molecule has 8 aromatic carbocycles. The SMILES string of the molecule is C=CCO[C@H]1[C@H](O[C@H]2[C@H](OCc3ccccc3)[C@@H](OCc3ccccc3)[C@H](O)O[C@@H]2COCc2ccccc2)O[C@H](CO)[C@H](O[C@H]2O[C@H](COCc3ccccc3)[C@H](OCc3ccccc3)[C@@H](OCc3ccccc3)[C@H]2OCc2ccccc2)[C@@H]1OCc1ccccc1. The summed E-state index contributed by atoms with van der Waals surface area (Å²) < 4.78 is 97.5. The minimum Gasteiger partial charge on any atom is -0.394 e. The molecule has 16 nitrogen and oxygen atoms in total. The molecule has 0 unspecified atom stereocenters. The van der Waals surface area contributed by atoms with Crippen LogP contribution in [0.4, 0.5) is 0 Å². The maximum atomic E-state index is 12.1. The van der Waals surface area contributed by atoms with E-state index in [9.17, 15) is 10.2 Å². The molecule has 3 fully saturated rings. The molecule has 16 heteroatoms. The molecule has 0 aliphatic carbocycles. The van der Waals surface area contributed by atoms with E-state index >= 15 is 0 Å². The van der Waals surface area contributed by atoms with Crippen LogP contribution in [0.3, 0.4) is 0 Å². The van der Waals surface area contributed by atoms with Gasteiger partial charge in [-0.05, 0) is 44.5 Å².